The smallest absolute Gasteiger partial charge is 0.273 e. The molecular formula is C21H26N4O2. The molecule has 0 radical (unpaired) electrons. The van der Waals surface area contributed by atoms with E-state index in [0.717, 1.165) is 25.3 Å². The molecule has 0 aromatic carbocycles. The third-order valence-electron chi connectivity index (χ3n) is 5.36. The Kier molecular flexibility index (Phi) is 4.74. The topological polar surface area (TPSA) is 73.6 Å². The summed E-state index contributed by atoms with van der Waals surface area (Å²) in [5, 5.41) is 4.16. The fourth-order valence-electron chi connectivity index (χ4n) is 4.06. The maximum Gasteiger partial charge on any atom is 0.273 e. The molecule has 2 N–H and O–H groups in total. The summed E-state index contributed by atoms with van der Waals surface area (Å²) in [5.41, 5.74) is 8.43. The average molecular weight is 366 g/mol. The molecule has 0 atom stereocenters. The Balaban J connectivity index is 1.73. The summed E-state index contributed by atoms with van der Waals surface area (Å²) >= 11 is 0. The van der Waals surface area contributed by atoms with E-state index in [4.69, 9.17) is 4.42 Å². The highest BCUT2D eigenvalue weighted by Crippen LogP contribution is 2.31. The van der Waals surface area contributed by atoms with Gasteiger partial charge in [-0.2, -0.15) is 5.10 Å². The van der Waals surface area contributed by atoms with Crippen LogP contribution in [0, 0.1) is 6.92 Å². The number of likely N-dealkylation sites (tertiary alicyclic amines) is 1. The quantitative estimate of drug-likeness (QED) is 0.795. The minimum absolute atomic E-state index is 0.204. The number of hydrazone groups is 1. The molecule has 4 rings (SSSR count). The normalized spacial score (nSPS) is 19.3. The van der Waals surface area contributed by atoms with Crippen LogP contribution in [0.25, 0.3) is 6.08 Å². The van der Waals surface area contributed by atoms with Gasteiger partial charge in [0.05, 0.1) is 11.8 Å². The van der Waals surface area contributed by atoms with Crippen molar-refractivity contribution in [3.05, 3.63) is 52.2 Å². The van der Waals surface area contributed by atoms with E-state index >= 15 is 0 Å². The molecule has 6 heteroatoms. The third-order valence-corrected chi connectivity index (χ3v) is 5.36. The highest BCUT2D eigenvalue weighted by Gasteiger charge is 2.28. The number of rotatable bonds is 5. The number of aromatic amines is 1. The van der Waals surface area contributed by atoms with Gasteiger partial charge in [0, 0.05) is 17.9 Å². The van der Waals surface area contributed by atoms with Gasteiger partial charge in [-0.05, 0) is 68.1 Å². The van der Waals surface area contributed by atoms with Gasteiger partial charge in [0.1, 0.15) is 5.71 Å². The molecule has 1 fully saturated rings. The van der Waals surface area contributed by atoms with Gasteiger partial charge in [-0.1, -0.05) is 13.8 Å². The van der Waals surface area contributed by atoms with Crippen LogP contribution in [-0.4, -0.2) is 34.6 Å². The number of nitrogens with zero attached hydrogens (tertiary/aromatic N) is 2. The van der Waals surface area contributed by atoms with Crippen molar-refractivity contribution in [2.75, 3.05) is 13.1 Å². The molecule has 142 valence electrons. The molecule has 0 unspecified atom stereocenters. The SMILES string of the molecule is Cc1[nH]c(/C=C2/C(=O)NN=C2c2ccco2)c(C(C)C)c1CN1CCCC1. The van der Waals surface area contributed by atoms with Crippen molar-refractivity contribution in [3.8, 4) is 0 Å². The summed E-state index contributed by atoms with van der Waals surface area (Å²) in [6.07, 6.45) is 6.06. The summed E-state index contributed by atoms with van der Waals surface area (Å²) in [6.45, 7) is 9.81. The molecule has 2 aliphatic heterocycles. The Hall–Kier alpha value is -2.60. The Morgan fingerprint density at radius 1 is 1.33 bits per heavy atom. The van der Waals surface area contributed by atoms with Gasteiger partial charge in [0.25, 0.3) is 5.91 Å². The van der Waals surface area contributed by atoms with Gasteiger partial charge in [0.2, 0.25) is 0 Å². The molecule has 2 aliphatic rings. The molecular weight excluding hydrogens is 340 g/mol. The van der Waals surface area contributed by atoms with Crippen LogP contribution < -0.4 is 5.43 Å². The number of H-pyrrole nitrogens is 1. The molecule has 2 aromatic heterocycles. The summed E-state index contributed by atoms with van der Waals surface area (Å²) in [7, 11) is 0. The van der Waals surface area contributed by atoms with Crippen LogP contribution in [0.3, 0.4) is 0 Å². The third kappa shape index (κ3) is 3.37. The lowest BCUT2D eigenvalue weighted by Gasteiger charge is -2.17. The Labute approximate surface area is 159 Å². The van der Waals surface area contributed by atoms with E-state index in [1.54, 1.807) is 12.3 Å². The standard InChI is InChI=1S/C21H26N4O2/c1-13(2)19-16(12-25-8-4-5-9-25)14(3)22-17(19)11-15-20(23-24-21(15)26)18-7-6-10-27-18/h6-7,10-11,13,22H,4-5,8-9,12H2,1-3H3,(H,24,26)/b15-11+. The zero-order chi connectivity index (χ0) is 19.0. The lowest BCUT2D eigenvalue weighted by Crippen LogP contribution is -2.19. The molecule has 2 aromatic rings. The van der Waals surface area contributed by atoms with Crippen molar-refractivity contribution in [1.82, 2.24) is 15.3 Å². The van der Waals surface area contributed by atoms with Crippen LogP contribution in [0.2, 0.25) is 0 Å². The van der Waals surface area contributed by atoms with E-state index in [0.29, 0.717) is 23.0 Å². The van der Waals surface area contributed by atoms with Gasteiger partial charge in [-0.15, -0.1) is 0 Å². The molecule has 1 amide bonds. The lowest BCUT2D eigenvalue weighted by atomic mass is 9.95. The number of amides is 1. The fourth-order valence-corrected chi connectivity index (χ4v) is 4.06. The monoisotopic (exact) mass is 366 g/mol. The molecule has 0 spiro atoms. The van der Waals surface area contributed by atoms with Crippen LogP contribution in [0.15, 0.2) is 33.5 Å². The number of nitrogens with one attached hydrogen (secondary N) is 2. The van der Waals surface area contributed by atoms with Crippen molar-refractivity contribution in [3.63, 3.8) is 0 Å². The number of aryl methyl sites for hydroxylation is 1. The van der Waals surface area contributed by atoms with Gasteiger partial charge in [-0.25, -0.2) is 5.43 Å². The highest BCUT2D eigenvalue weighted by molar-refractivity contribution is 6.32. The van der Waals surface area contributed by atoms with Crippen molar-refractivity contribution in [1.29, 1.82) is 0 Å². The number of aromatic nitrogens is 1. The van der Waals surface area contributed by atoms with E-state index in [2.05, 4.69) is 41.2 Å². The van der Waals surface area contributed by atoms with Gasteiger partial charge < -0.3 is 9.40 Å². The first kappa shape index (κ1) is 17.8. The van der Waals surface area contributed by atoms with Gasteiger partial charge in [-0.3, -0.25) is 9.69 Å². The average Bonchev–Trinajstić information content (AvgIpc) is 3.39. The first-order valence-corrected chi connectivity index (χ1v) is 9.62. The van der Waals surface area contributed by atoms with Crippen molar-refractivity contribution < 1.29 is 9.21 Å². The number of carbonyl (C=O) groups is 1. The maximum atomic E-state index is 12.4. The maximum absolute atomic E-state index is 12.4. The highest BCUT2D eigenvalue weighted by atomic mass is 16.3. The molecule has 6 nitrogen and oxygen atoms in total. The van der Waals surface area contributed by atoms with Gasteiger partial charge in [0.15, 0.2) is 5.76 Å². The number of hydrogen-bond acceptors (Lipinski definition) is 4. The Morgan fingerprint density at radius 2 is 2.11 bits per heavy atom. The molecule has 1 saturated heterocycles. The Morgan fingerprint density at radius 3 is 2.78 bits per heavy atom. The van der Waals surface area contributed by atoms with Crippen molar-refractivity contribution in [2.24, 2.45) is 5.10 Å². The summed E-state index contributed by atoms with van der Waals surface area (Å²) < 4.78 is 5.45. The summed E-state index contributed by atoms with van der Waals surface area (Å²) in [6, 6.07) is 3.61. The number of furan rings is 1. The molecule has 27 heavy (non-hydrogen) atoms. The Bertz CT molecular complexity index is 897. The van der Waals surface area contributed by atoms with Crippen molar-refractivity contribution >= 4 is 17.7 Å². The number of hydrogen-bond donors (Lipinski definition) is 2. The van der Waals surface area contributed by atoms with Crippen LogP contribution in [0.1, 0.15) is 60.9 Å². The molecule has 0 aliphatic carbocycles. The minimum atomic E-state index is -0.204. The predicted octanol–water partition coefficient (Wildman–Crippen LogP) is 3.55. The van der Waals surface area contributed by atoms with Gasteiger partial charge >= 0.3 is 0 Å². The van der Waals surface area contributed by atoms with E-state index < -0.39 is 0 Å². The first-order chi connectivity index (χ1) is 13.0. The first-order valence-electron chi connectivity index (χ1n) is 9.62. The molecule has 0 saturated carbocycles. The lowest BCUT2D eigenvalue weighted by molar-refractivity contribution is -0.116. The second-order valence-electron chi connectivity index (χ2n) is 7.63. The largest absolute Gasteiger partial charge is 0.463 e. The van der Waals surface area contributed by atoms with Crippen LogP contribution in [0.4, 0.5) is 0 Å². The fraction of sp³-hybridized carbons (Fsp3) is 0.429. The van der Waals surface area contributed by atoms with Crippen LogP contribution in [0.5, 0.6) is 0 Å². The second-order valence-corrected chi connectivity index (χ2v) is 7.63. The van der Waals surface area contributed by atoms with E-state index in [9.17, 15) is 4.79 Å². The van der Waals surface area contributed by atoms with Crippen LogP contribution >= 0.6 is 0 Å². The van der Waals surface area contributed by atoms with E-state index in [-0.39, 0.29) is 5.91 Å². The zero-order valence-corrected chi connectivity index (χ0v) is 16.1. The predicted molar refractivity (Wildman–Crippen MR) is 105 cm³/mol. The van der Waals surface area contributed by atoms with Crippen molar-refractivity contribution in [2.45, 2.75) is 46.1 Å². The molecule has 0 bridgehead atoms. The van der Waals surface area contributed by atoms with Crippen LogP contribution in [-0.2, 0) is 11.3 Å². The summed E-state index contributed by atoms with van der Waals surface area (Å²) in [5.74, 6) is 0.739. The van der Waals surface area contributed by atoms with E-state index in [1.165, 1.54) is 29.7 Å². The summed E-state index contributed by atoms with van der Waals surface area (Å²) in [4.78, 5) is 18.4. The zero-order valence-electron chi connectivity index (χ0n) is 16.1. The van der Waals surface area contributed by atoms with E-state index in [1.807, 2.05) is 12.1 Å². The molecule has 4 heterocycles. The second kappa shape index (κ2) is 7.19. The number of carbonyl (C=O) groups excluding carboxylic acids is 1. The minimum Gasteiger partial charge on any atom is -0.463 e.